The van der Waals surface area contributed by atoms with Crippen molar-refractivity contribution in [1.29, 1.82) is 5.26 Å². The molecule has 0 fully saturated rings. The standard InChI is InChI=1S/C21H21N5O2S/c1-3-6-19-24-25-21(29-19)23-20(27)15(14-22)13-17-7-5-12-26(17)16-8-10-18(11-9-16)28-4-2/h5,7-13H,3-4,6H2,1-2H3,(H,23,25,27)/b15-13-. The second-order valence-electron chi connectivity index (χ2n) is 6.10. The van der Waals surface area contributed by atoms with E-state index in [1.807, 2.05) is 60.2 Å². The van der Waals surface area contributed by atoms with Gasteiger partial charge in [-0.15, -0.1) is 10.2 Å². The normalized spacial score (nSPS) is 11.1. The number of aromatic nitrogens is 3. The number of rotatable bonds is 8. The van der Waals surface area contributed by atoms with E-state index in [1.54, 1.807) is 6.08 Å². The molecule has 3 rings (SSSR count). The number of anilines is 1. The lowest BCUT2D eigenvalue weighted by atomic mass is 10.2. The predicted molar refractivity (Wildman–Crippen MR) is 113 cm³/mol. The predicted octanol–water partition coefficient (Wildman–Crippen LogP) is 4.23. The van der Waals surface area contributed by atoms with Crippen LogP contribution in [-0.4, -0.2) is 27.3 Å². The summed E-state index contributed by atoms with van der Waals surface area (Å²) in [5.41, 5.74) is 1.60. The molecule has 3 aromatic rings. The van der Waals surface area contributed by atoms with Gasteiger partial charge in [-0.1, -0.05) is 18.3 Å². The fraction of sp³-hybridized carbons (Fsp3) is 0.238. The molecule has 0 aliphatic carbocycles. The lowest BCUT2D eigenvalue weighted by molar-refractivity contribution is -0.112. The molecule has 0 saturated carbocycles. The van der Waals surface area contributed by atoms with Crippen molar-refractivity contribution in [3.05, 3.63) is 58.9 Å². The first-order chi connectivity index (χ1) is 14.1. The minimum atomic E-state index is -0.508. The maximum absolute atomic E-state index is 12.5. The first kappa shape index (κ1) is 20.3. The van der Waals surface area contributed by atoms with E-state index in [-0.39, 0.29) is 5.57 Å². The van der Waals surface area contributed by atoms with Crippen LogP contribution in [0.15, 0.2) is 48.2 Å². The smallest absolute Gasteiger partial charge is 0.268 e. The average molecular weight is 407 g/mol. The number of amides is 1. The zero-order chi connectivity index (χ0) is 20.6. The monoisotopic (exact) mass is 407 g/mol. The molecule has 0 unspecified atom stereocenters. The van der Waals surface area contributed by atoms with Gasteiger partial charge in [0.15, 0.2) is 0 Å². The fourth-order valence-corrected chi connectivity index (χ4v) is 3.53. The largest absolute Gasteiger partial charge is 0.494 e. The Labute approximate surface area is 173 Å². The highest BCUT2D eigenvalue weighted by molar-refractivity contribution is 7.15. The maximum atomic E-state index is 12.5. The molecular weight excluding hydrogens is 386 g/mol. The molecule has 7 nitrogen and oxygen atoms in total. The van der Waals surface area contributed by atoms with Gasteiger partial charge in [0.05, 0.1) is 6.61 Å². The van der Waals surface area contributed by atoms with Gasteiger partial charge in [0, 0.05) is 24.0 Å². The SMILES string of the molecule is CCCc1nnc(NC(=O)/C(C#N)=C\c2cccn2-c2ccc(OCC)cc2)s1. The average Bonchev–Trinajstić information content (AvgIpc) is 3.36. The maximum Gasteiger partial charge on any atom is 0.268 e. The van der Waals surface area contributed by atoms with Crippen LogP contribution in [-0.2, 0) is 11.2 Å². The van der Waals surface area contributed by atoms with Crippen molar-refractivity contribution in [3.63, 3.8) is 0 Å². The van der Waals surface area contributed by atoms with Crippen molar-refractivity contribution >= 4 is 28.5 Å². The van der Waals surface area contributed by atoms with Crippen LogP contribution in [0, 0.1) is 11.3 Å². The summed E-state index contributed by atoms with van der Waals surface area (Å²) in [6.07, 6.45) is 5.19. The van der Waals surface area contributed by atoms with Gasteiger partial charge < -0.3 is 9.30 Å². The Morgan fingerprint density at radius 1 is 1.28 bits per heavy atom. The number of hydrogen-bond acceptors (Lipinski definition) is 6. The molecule has 0 bridgehead atoms. The van der Waals surface area contributed by atoms with Gasteiger partial charge in [-0.25, -0.2) is 0 Å². The number of nitrogens with one attached hydrogen (secondary N) is 1. The quantitative estimate of drug-likeness (QED) is 0.446. The topological polar surface area (TPSA) is 92.8 Å². The number of aryl methyl sites for hydroxylation is 1. The second-order valence-corrected chi connectivity index (χ2v) is 7.17. The Balaban J connectivity index is 1.79. The van der Waals surface area contributed by atoms with E-state index >= 15 is 0 Å². The van der Waals surface area contributed by atoms with Crippen LogP contribution in [0.25, 0.3) is 11.8 Å². The highest BCUT2D eigenvalue weighted by Crippen LogP contribution is 2.21. The number of carbonyl (C=O) groups is 1. The molecule has 2 heterocycles. The Kier molecular flexibility index (Phi) is 6.76. The summed E-state index contributed by atoms with van der Waals surface area (Å²) in [6, 6.07) is 13.3. The van der Waals surface area contributed by atoms with E-state index in [9.17, 15) is 10.1 Å². The van der Waals surface area contributed by atoms with Gasteiger partial charge in [0.25, 0.3) is 5.91 Å². The van der Waals surface area contributed by atoms with Gasteiger partial charge in [-0.3, -0.25) is 10.1 Å². The number of ether oxygens (including phenoxy) is 1. The summed E-state index contributed by atoms with van der Waals surface area (Å²) in [7, 11) is 0. The van der Waals surface area contributed by atoms with Gasteiger partial charge in [-0.2, -0.15) is 5.26 Å². The summed E-state index contributed by atoms with van der Waals surface area (Å²) in [4.78, 5) is 12.5. The summed E-state index contributed by atoms with van der Waals surface area (Å²) >= 11 is 1.32. The Bertz CT molecular complexity index is 1040. The lowest BCUT2D eigenvalue weighted by Gasteiger charge is -2.09. The minimum Gasteiger partial charge on any atom is -0.494 e. The van der Waals surface area contributed by atoms with Gasteiger partial charge in [-0.05, 0) is 55.8 Å². The van der Waals surface area contributed by atoms with Crippen LogP contribution in [0.3, 0.4) is 0 Å². The van der Waals surface area contributed by atoms with Crippen molar-refractivity contribution in [2.24, 2.45) is 0 Å². The van der Waals surface area contributed by atoms with Crippen LogP contribution in [0.4, 0.5) is 5.13 Å². The number of nitriles is 1. The molecule has 1 N–H and O–H groups in total. The Hall–Kier alpha value is -3.44. The van der Waals surface area contributed by atoms with E-state index in [2.05, 4.69) is 22.4 Å². The summed E-state index contributed by atoms with van der Waals surface area (Å²) in [5, 5.41) is 21.4. The fourth-order valence-electron chi connectivity index (χ4n) is 2.70. The first-order valence-electron chi connectivity index (χ1n) is 9.30. The van der Waals surface area contributed by atoms with Crippen LogP contribution in [0.1, 0.15) is 31.0 Å². The molecule has 1 amide bonds. The van der Waals surface area contributed by atoms with Crippen molar-refractivity contribution in [1.82, 2.24) is 14.8 Å². The molecule has 0 aliphatic heterocycles. The lowest BCUT2D eigenvalue weighted by Crippen LogP contribution is -2.13. The molecule has 0 spiro atoms. The van der Waals surface area contributed by atoms with E-state index in [1.165, 1.54) is 11.3 Å². The number of hydrogen-bond donors (Lipinski definition) is 1. The first-order valence-corrected chi connectivity index (χ1v) is 10.1. The Morgan fingerprint density at radius 3 is 2.76 bits per heavy atom. The van der Waals surface area contributed by atoms with Gasteiger partial charge >= 0.3 is 0 Å². The van der Waals surface area contributed by atoms with Gasteiger partial charge in [0.1, 0.15) is 22.4 Å². The molecule has 2 aromatic heterocycles. The number of carbonyl (C=O) groups excluding carboxylic acids is 1. The van der Waals surface area contributed by atoms with Crippen molar-refractivity contribution in [3.8, 4) is 17.5 Å². The molecular formula is C21H21N5O2S. The number of nitrogens with zero attached hydrogens (tertiary/aromatic N) is 4. The highest BCUT2D eigenvalue weighted by Gasteiger charge is 2.14. The zero-order valence-corrected chi connectivity index (χ0v) is 17.1. The van der Waals surface area contributed by atoms with Crippen molar-refractivity contribution in [2.75, 3.05) is 11.9 Å². The third kappa shape index (κ3) is 5.09. The molecule has 0 saturated heterocycles. The van der Waals surface area contributed by atoms with E-state index < -0.39 is 5.91 Å². The molecule has 0 radical (unpaired) electrons. The van der Waals surface area contributed by atoms with Crippen molar-refractivity contribution < 1.29 is 9.53 Å². The molecule has 0 aliphatic rings. The summed E-state index contributed by atoms with van der Waals surface area (Å²) in [5.74, 6) is 0.281. The zero-order valence-electron chi connectivity index (χ0n) is 16.3. The van der Waals surface area contributed by atoms with Crippen LogP contribution >= 0.6 is 11.3 Å². The summed E-state index contributed by atoms with van der Waals surface area (Å²) in [6.45, 7) is 4.59. The van der Waals surface area contributed by atoms with E-state index in [4.69, 9.17) is 4.74 Å². The van der Waals surface area contributed by atoms with Crippen LogP contribution < -0.4 is 10.1 Å². The van der Waals surface area contributed by atoms with Gasteiger partial charge in [0.2, 0.25) is 5.13 Å². The molecule has 29 heavy (non-hydrogen) atoms. The minimum absolute atomic E-state index is 0.0110. The van der Waals surface area contributed by atoms with E-state index in [0.717, 1.165) is 29.3 Å². The van der Waals surface area contributed by atoms with Crippen LogP contribution in [0.5, 0.6) is 5.75 Å². The summed E-state index contributed by atoms with van der Waals surface area (Å²) < 4.78 is 7.36. The van der Waals surface area contributed by atoms with E-state index in [0.29, 0.717) is 17.4 Å². The number of benzene rings is 1. The molecule has 148 valence electrons. The molecule has 8 heteroatoms. The van der Waals surface area contributed by atoms with Crippen molar-refractivity contribution in [2.45, 2.75) is 26.7 Å². The third-order valence-electron chi connectivity index (χ3n) is 4.01. The third-order valence-corrected chi connectivity index (χ3v) is 4.91. The highest BCUT2D eigenvalue weighted by atomic mass is 32.1. The Morgan fingerprint density at radius 2 is 2.07 bits per heavy atom. The molecule has 0 atom stereocenters. The molecule has 1 aromatic carbocycles. The second kappa shape index (κ2) is 9.66. The van der Waals surface area contributed by atoms with Crippen LogP contribution in [0.2, 0.25) is 0 Å².